The second kappa shape index (κ2) is 3.52. The summed E-state index contributed by atoms with van der Waals surface area (Å²) in [5.41, 5.74) is 0.356. The Hall–Kier alpha value is -0.970. The molecule has 0 fully saturated rings. The Morgan fingerprint density at radius 2 is 2.00 bits per heavy atom. The second-order valence-electron chi connectivity index (χ2n) is 5.16. The van der Waals surface area contributed by atoms with Crippen LogP contribution in [0.1, 0.15) is 40.0 Å². The average molecular weight is 240 g/mol. The van der Waals surface area contributed by atoms with Gasteiger partial charge in [-0.25, -0.2) is 4.99 Å². The molecule has 0 unspecified atom stereocenters. The Bertz CT molecular complexity index is 505. The third kappa shape index (κ3) is 1.96. The molecule has 0 saturated heterocycles. The number of aliphatic imine (C=N–C) groups is 1. The minimum atomic E-state index is -3.50. The summed E-state index contributed by atoms with van der Waals surface area (Å²) in [6, 6.07) is 0. The Labute approximate surface area is 96.2 Å². The molecule has 1 heterocycles. The van der Waals surface area contributed by atoms with Gasteiger partial charge in [-0.3, -0.25) is 0 Å². The van der Waals surface area contributed by atoms with E-state index in [9.17, 15) is 8.42 Å². The lowest BCUT2D eigenvalue weighted by Crippen LogP contribution is -2.28. The molecule has 16 heavy (non-hydrogen) atoms. The number of rotatable bonds is 0. The molecule has 0 atom stereocenters. The summed E-state index contributed by atoms with van der Waals surface area (Å²) >= 11 is 0. The van der Waals surface area contributed by atoms with Gasteiger partial charge < -0.3 is 0 Å². The van der Waals surface area contributed by atoms with Crippen LogP contribution in [0, 0.1) is 5.41 Å². The summed E-state index contributed by atoms with van der Waals surface area (Å²) in [5.74, 6) is 0.418. The quantitative estimate of drug-likeness (QED) is 0.652. The molecule has 0 aromatic heterocycles. The predicted molar refractivity (Wildman–Crippen MR) is 65.2 cm³/mol. The lowest BCUT2D eigenvalue weighted by molar-refractivity contribution is 0.577. The predicted octanol–water partition coefficient (Wildman–Crippen LogP) is 2.28. The van der Waals surface area contributed by atoms with Crippen molar-refractivity contribution in [3.05, 3.63) is 11.0 Å². The van der Waals surface area contributed by atoms with E-state index in [4.69, 9.17) is 0 Å². The number of allylic oxidation sites excluding steroid dienone is 2. The average Bonchev–Trinajstić information content (AvgIpc) is 2.15. The fourth-order valence-corrected chi connectivity index (χ4v) is 3.14. The van der Waals surface area contributed by atoms with E-state index >= 15 is 0 Å². The lowest BCUT2D eigenvalue weighted by Gasteiger charge is -2.24. The molecule has 4 nitrogen and oxygen atoms in total. The third-order valence-corrected chi connectivity index (χ3v) is 4.00. The van der Waals surface area contributed by atoms with Crippen LogP contribution >= 0.6 is 0 Å². The standard InChI is InChI=1S/C11H16N2O2S/c1-11(2,3)10-12-8-6-4-5-7-9(8)16(14,15)13-10/h7H,4-6H2,1-3H3. The van der Waals surface area contributed by atoms with Crippen LogP contribution in [-0.4, -0.2) is 20.0 Å². The molecule has 0 amide bonds. The number of hydrogen-bond donors (Lipinski definition) is 0. The highest BCUT2D eigenvalue weighted by molar-refractivity contribution is 7.95. The Morgan fingerprint density at radius 1 is 1.31 bits per heavy atom. The molecule has 88 valence electrons. The van der Waals surface area contributed by atoms with E-state index in [-0.39, 0.29) is 5.41 Å². The van der Waals surface area contributed by atoms with Gasteiger partial charge in [0.25, 0.3) is 10.0 Å². The summed E-state index contributed by atoms with van der Waals surface area (Å²) < 4.78 is 27.7. The molecule has 0 spiro atoms. The topological polar surface area (TPSA) is 58.9 Å². The molecule has 0 aromatic rings. The monoisotopic (exact) mass is 240 g/mol. The molecule has 0 radical (unpaired) electrons. The van der Waals surface area contributed by atoms with Crippen molar-refractivity contribution >= 4 is 21.6 Å². The summed E-state index contributed by atoms with van der Waals surface area (Å²) in [5, 5.41) is 0. The van der Waals surface area contributed by atoms with Crippen molar-refractivity contribution in [2.24, 2.45) is 14.8 Å². The van der Waals surface area contributed by atoms with Crippen molar-refractivity contribution in [2.45, 2.75) is 40.0 Å². The fourth-order valence-electron chi connectivity index (χ4n) is 1.72. The van der Waals surface area contributed by atoms with Gasteiger partial charge in [-0.2, -0.15) is 8.42 Å². The molecule has 0 bridgehead atoms. The highest BCUT2D eigenvalue weighted by Crippen LogP contribution is 2.29. The van der Waals surface area contributed by atoms with E-state index < -0.39 is 10.0 Å². The largest absolute Gasteiger partial charge is 0.285 e. The molecule has 0 saturated carbocycles. The van der Waals surface area contributed by atoms with Gasteiger partial charge in [0.2, 0.25) is 0 Å². The Kier molecular flexibility index (Phi) is 2.53. The van der Waals surface area contributed by atoms with E-state index in [0.717, 1.165) is 19.3 Å². The van der Waals surface area contributed by atoms with Crippen LogP contribution in [-0.2, 0) is 10.0 Å². The first-order chi connectivity index (χ1) is 7.31. The summed E-state index contributed by atoms with van der Waals surface area (Å²) in [6.45, 7) is 5.76. The maximum Gasteiger partial charge on any atom is 0.285 e. The zero-order chi connectivity index (χ0) is 12.0. The van der Waals surface area contributed by atoms with E-state index in [1.807, 2.05) is 20.8 Å². The van der Waals surface area contributed by atoms with E-state index in [0.29, 0.717) is 16.5 Å². The van der Waals surface area contributed by atoms with Crippen LogP contribution in [0.25, 0.3) is 0 Å². The molecule has 1 aliphatic heterocycles. The second-order valence-corrected chi connectivity index (χ2v) is 6.73. The van der Waals surface area contributed by atoms with Gasteiger partial charge >= 0.3 is 0 Å². The highest BCUT2D eigenvalue weighted by Gasteiger charge is 2.32. The number of hydrogen-bond acceptors (Lipinski definition) is 3. The van der Waals surface area contributed by atoms with E-state index in [2.05, 4.69) is 9.39 Å². The zero-order valence-electron chi connectivity index (χ0n) is 9.82. The van der Waals surface area contributed by atoms with Gasteiger partial charge in [0.15, 0.2) is 0 Å². The Morgan fingerprint density at radius 3 is 2.62 bits per heavy atom. The SMILES string of the molecule is CC(C)(C)C1=NS(=O)(=O)C2=CCCCC2=N1. The van der Waals surface area contributed by atoms with Crippen molar-refractivity contribution in [3.8, 4) is 0 Å². The first-order valence-corrected chi connectivity index (χ1v) is 6.88. The number of fused-ring (bicyclic) bond motifs is 1. The Balaban J connectivity index is 2.57. The van der Waals surface area contributed by atoms with Gasteiger partial charge in [-0.1, -0.05) is 26.8 Å². The maximum atomic E-state index is 11.9. The van der Waals surface area contributed by atoms with Crippen LogP contribution in [0.15, 0.2) is 20.4 Å². The maximum absolute atomic E-state index is 11.9. The van der Waals surface area contributed by atoms with Crippen molar-refractivity contribution in [3.63, 3.8) is 0 Å². The molecule has 0 aromatic carbocycles. The molecule has 0 N–H and O–H groups in total. The number of nitrogens with zero attached hydrogens (tertiary/aromatic N) is 2. The molecule has 2 rings (SSSR count). The third-order valence-electron chi connectivity index (χ3n) is 2.63. The van der Waals surface area contributed by atoms with Crippen molar-refractivity contribution in [1.82, 2.24) is 0 Å². The summed E-state index contributed by atoms with van der Waals surface area (Å²) in [4.78, 5) is 4.72. The lowest BCUT2D eigenvalue weighted by atomic mass is 9.95. The highest BCUT2D eigenvalue weighted by atomic mass is 32.2. The molecular formula is C11H16N2O2S. The minimum absolute atomic E-state index is 0.326. The van der Waals surface area contributed by atoms with Gasteiger partial charge in [0.05, 0.1) is 5.71 Å². The first-order valence-electron chi connectivity index (χ1n) is 5.44. The van der Waals surface area contributed by atoms with E-state index in [1.54, 1.807) is 6.08 Å². The van der Waals surface area contributed by atoms with Crippen molar-refractivity contribution < 1.29 is 8.42 Å². The van der Waals surface area contributed by atoms with Crippen LogP contribution < -0.4 is 0 Å². The van der Waals surface area contributed by atoms with Gasteiger partial charge in [-0.05, 0) is 19.3 Å². The van der Waals surface area contributed by atoms with Gasteiger partial charge in [0, 0.05) is 5.41 Å². The van der Waals surface area contributed by atoms with Crippen LogP contribution in [0.4, 0.5) is 0 Å². The van der Waals surface area contributed by atoms with Crippen molar-refractivity contribution in [1.29, 1.82) is 0 Å². The molecule has 2 aliphatic rings. The molecular weight excluding hydrogens is 224 g/mol. The van der Waals surface area contributed by atoms with Crippen LogP contribution in [0.2, 0.25) is 0 Å². The number of sulfonamides is 1. The number of amidine groups is 1. The van der Waals surface area contributed by atoms with Crippen LogP contribution in [0.5, 0.6) is 0 Å². The van der Waals surface area contributed by atoms with E-state index in [1.165, 1.54) is 0 Å². The van der Waals surface area contributed by atoms with Gasteiger partial charge in [0.1, 0.15) is 10.7 Å². The van der Waals surface area contributed by atoms with Crippen LogP contribution in [0.3, 0.4) is 0 Å². The zero-order valence-corrected chi connectivity index (χ0v) is 10.6. The molecule has 5 heteroatoms. The smallest absolute Gasteiger partial charge is 0.235 e. The van der Waals surface area contributed by atoms with Crippen molar-refractivity contribution in [2.75, 3.05) is 0 Å². The normalized spacial score (nSPS) is 24.1. The summed E-state index contributed by atoms with van der Waals surface area (Å²) in [7, 11) is -3.50. The first kappa shape index (κ1) is 11.5. The molecule has 1 aliphatic carbocycles. The summed E-state index contributed by atoms with van der Waals surface area (Å²) in [6.07, 6.45) is 4.24. The minimum Gasteiger partial charge on any atom is -0.235 e. The van der Waals surface area contributed by atoms with Gasteiger partial charge in [-0.15, -0.1) is 4.40 Å². The fraction of sp³-hybridized carbons (Fsp3) is 0.636.